The van der Waals surface area contributed by atoms with Crippen molar-refractivity contribution in [2.24, 2.45) is 0 Å². The molecule has 98 valence electrons. The molecule has 0 bridgehead atoms. The number of hydrogen-bond acceptors (Lipinski definition) is 4. The van der Waals surface area contributed by atoms with E-state index < -0.39 is 5.97 Å². The fourth-order valence-electron chi connectivity index (χ4n) is 2.17. The zero-order chi connectivity index (χ0) is 13.0. The van der Waals surface area contributed by atoms with Gasteiger partial charge in [0.2, 0.25) is 0 Å². The summed E-state index contributed by atoms with van der Waals surface area (Å²) in [7, 11) is 2.10. The van der Waals surface area contributed by atoms with Crippen LogP contribution in [0.15, 0.2) is 18.3 Å². The van der Waals surface area contributed by atoms with Crippen molar-refractivity contribution in [3.63, 3.8) is 0 Å². The van der Waals surface area contributed by atoms with E-state index in [0.717, 1.165) is 13.0 Å². The number of nitrogens with zero attached hydrogens (tertiary/aromatic N) is 2. The maximum atomic E-state index is 10.8. The molecular weight excluding hydrogens is 232 g/mol. The van der Waals surface area contributed by atoms with Crippen molar-refractivity contribution >= 4 is 5.97 Å². The number of piperidine rings is 1. The quantitative estimate of drug-likeness (QED) is 0.880. The highest BCUT2D eigenvalue weighted by Crippen LogP contribution is 2.17. The van der Waals surface area contributed by atoms with E-state index in [-0.39, 0.29) is 5.69 Å². The maximum absolute atomic E-state index is 10.8. The van der Waals surface area contributed by atoms with Gasteiger partial charge in [0.15, 0.2) is 5.69 Å². The Morgan fingerprint density at radius 1 is 1.61 bits per heavy atom. The van der Waals surface area contributed by atoms with Crippen LogP contribution in [0.2, 0.25) is 0 Å². The molecule has 0 amide bonds. The minimum absolute atomic E-state index is 0.0181. The summed E-state index contributed by atoms with van der Waals surface area (Å²) in [6.07, 6.45) is 5.07. The van der Waals surface area contributed by atoms with Crippen LogP contribution in [0.4, 0.5) is 0 Å². The Labute approximate surface area is 106 Å². The molecule has 0 aromatic carbocycles. The average molecular weight is 250 g/mol. The lowest BCUT2D eigenvalue weighted by atomic mass is 10.0. The lowest BCUT2D eigenvalue weighted by Gasteiger charge is -2.32. The van der Waals surface area contributed by atoms with Gasteiger partial charge in [-0.1, -0.05) is 6.42 Å². The topological polar surface area (TPSA) is 62.7 Å². The first-order valence-electron chi connectivity index (χ1n) is 6.19. The van der Waals surface area contributed by atoms with Crippen LogP contribution in [0.5, 0.6) is 5.75 Å². The van der Waals surface area contributed by atoms with Crippen LogP contribution < -0.4 is 4.74 Å². The van der Waals surface area contributed by atoms with Gasteiger partial charge in [-0.3, -0.25) is 0 Å². The predicted molar refractivity (Wildman–Crippen MR) is 67.0 cm³/mol. The minimum atomic E-state index is -1.03. The van der Waals surface area contributed by atoms with Crippen molar-refractivity contribution in [1.82, 2.24) is 9.88 Å². The van der Waals surface area contributed by atoms with Crippen LogP contribution in [0.25, 0.3) is 0 Å². The number of hydrogen-bond donors (Lipinski definition) is 1. The molecule has 0 spiro atoms. The average Bonchev–Trinajstić information content (AvgIpc) is 2.38. The number of likely N-dealkylation sites (tertiary alicyclic amines) is 1. The summed E-state index contributed by atoms with van der Waals surface area (Å²) >= 11 is 0. The number of carbonyl (C=O) groups is 1. The van der Waals surface area contributed by atoms with E-state index in [2.05, 4.69) is 16.9 Å². The van der Waals surface area contributed by atoms with E-state index in [1.165, 1.54) is 25.1 Å². The highest BCUT2D eigenvalue weighted by atomic mass is 16.5. The third-order valence-electron chi connectivity index (χ3n) is 3.31. The molecule has 18 heavy (non-hydrogen) atoms. The normalized spacial score (nSPS) is 20.6. The molecular formula is C13H18N2O3. The fraction of sp³-hybridized carbons (Fsp3) is 0.538. The van der Waals surface area contributed by atoms with E-state index in [0.29, 0.717) is 18.4 Å². The summed E-state index contributed by atoms with van der Waals surface area (Å²) in [6.45, 7) is 1.70. The van der Waals surface area contributed by atoms with Gasteiger partial charge < -0.3 is 14.7 Å². The molecule has 2 heterocycles. The molecule has 0 saturated carbocycles. The molecule has 1 aromatic heterocycles. The second kappa shape index (κ2) is 5.82. The van der Waals surface area contributed by atoms with Crippen molar-refractivity contribution in [2.45, 2.75) is 25.3 Å². The largest absolute Gasteiger partial charge is 0.492 e. The van der Waals surface area contributed by atoms with Gasteiger partial charge in [-0.25, -0.2) is 9.78 Å². The van der Waals surface area contributed by atoms with Gasteiger partial charge in [0.1, 0.15) is 12.4 Å². The summed E-state index contributed by atoms with van der Waals surface area (Å²) < 4.78 is 5.66. The first-order valence-corrected chi connectivity index (χ1v) is 6.19. The Bertz CT molecular complexity index is 422. The first kappa shape index (κ1) is 12.8. The highest BCUT2D eigenvalue weighted by Gasteiger charge is 2.19. The number of rotatable bonds is 4. The van der Waals surface area contributed by atoms with Gasteiger partial charge in [0, 0.05) is 18.3 Å². The smallest absolute Gasteiger partial charge is 0.354 e. The molecule has 5 nitrogen and oxygen atoms in total. The Balaban J connectivity index is 1.93. The standard InChI is InChI=1S/C13H18N2O3/c1-15-7-3-2-4-10(15)9-18-11-5-6-14-12(8-11)13(16)17/h5-6,8,10H,2-4,7,9H2,1H3,(H,16,17). The lowest BCUT2D eigenvalue weighted by Crippen LogP contribution is -2.40. The van der Waals surface area contributed by atoms with Crippen molar-refractivity contribution in [1.29, 1.82) is 0 Å². The molecule has 1 aromatic rings. The molecule has 1 aliphatic rings. The Hall–Kier alpha value is -1.62. The molecule has 1 atom stereocenters. The van der Waals surface area contributed by atoms with Gasteiger partial charge in [0.05, 0.1) is 0 Å². The van der Waals surface area contributed by atoms with E-state index in [4.69, 9.17) is 9.84 Å². The molecule has 1 fully saturated rings. The number of pyridine rings is 1. The van der Waals surface area contributed by atoms with Gasteiger partial charge in [-0.2, -0.15) is 0 Å². The van der Waals surface area contributed by atoms with Crippen LogP contribution >= 0.6 is 0 Å². The number of carboxylic acid groups (broad SMARTS) is 1. The molecule has 1 unspecified atom stereocenters. The second-order valence-corrected chi connectivity index (χ2v) is 4.62. The third kappa shape index (κ3) is 3.20. The van der Waals surface area contributed by atoms with Crippen molar-refractivity contribution in [2.75, 3.05) is 20.2 Å². The van der Waals surface area contributed by atoms with E-state index in [1.807, 2.05) is 0 Å². The summed E-state index contributed by atoms with van der Waals surface area (Å²) in [5.74, 6) is -0.461. The van der Waals surface area contributed by atoms with Crippen molar-refractivity contribution < 1.29 is 14.6 Å². The van der Waals surface area contributed by atoms with E-state index in [9.17, 15) is 4.79 Å². The first-order chi connectivity index (χ1) is 8.66. The summed E-state index contributed by atoms with van der Waals surface area (Å²) in [5.41, 5.74) is 0.0181. The lowest BCUT2D eigenvalue weighted by molar-refractivity contribution is 0.0689. The monoisotopic (exact) mass is 250 g/mol. The third-order valence-corrected chi connectivity index (χ3v) is 3.31. The molecule has 0 aliphatic carbocycles. The van der Waals surface area contributed by atoms with Gasteiger partial charge in [0.25, 0.3) is 0 Å². The predicted octanol–water partition coefficient (Wildman–Crippen LogP) is 1.64. The number of aromatic nitrogens is 1. The SMILES string of the molecule is CN1CCCCC1COc1ccnc(C(=O)O)c1. The Morgan fingerprint density at radius 2 is 2.44 bits per heavy atom. The zero-order valence-electron chi connectivity index (χ0n) is 10.5. The van der Waals surface area contributed by atoms with Crippen LogP contribution in [0, 0.1) is 0 Å². The van der Waals surface area contributed by atoms with Gasteiger partial charge in [-0.15, -0.1) is 0 Å². The summed E-state index contributed by atoms with van der Waals surface area (Å²) in [6, 6.07) is 3.57. The van der Waals surface area contributed by atoms with Crippen LogP contribution in [-0.4, -0.2) is 47.2 Å². The molecule has 0 radical (unpaired) electrons. The summed E-state index contributed by atoms with van der Waals surface area (Å²) in [4.78, 5) is 16.8. The Kier molecular flexibility index (Phi) is 4.15. The molecule has 1 saturated heterocycles. The van der Waals surface area contributed by atoms with Crippen molar-refractivity contribution in [3.8, 4) is 5.75 Å². The van der Waals surface area contributed by atoms with Crippen LogP contribution in [0.3, 0.4) is 0 Å². The van der Waals surface area contributed by atoms with Crippen LogP contribution in [-0.2, 0) is 0 Å². The summed E-state index contributed by atoms with van der Waals surface area (Å²) in [5, 5.41) is 8.84. The molecule has 1 N–H and O–H groups in total. The second-order valence-electron chi connectivity index (χ2n) is 4.62. The Morgan fingerprint density at radius 3 is 3.17 bits per heavy atom. The molecule has 1 aliphatic heterocycles. The number of ether oxygens (including phenoxy) is 1. The molecule has 2 rings (SSSR count). The van der Waals surface area contributed by atoms with Crippen LogP contribution in [0.1, 0.15) is 29.8 Å². The molecule has 5 heteroatoms. The van der Waals surface area contributed by atoms with E-state index >= 15 is 0 Å². The minimum Gasteiger partial charge on any atom is -0.492 e. The zero-order valence-corrected chi connectivity index (χ0v) is 10.5. The van der Waals surface area contributed by atoms with Gasteiger partial charge >= 0.3 is 5.97 Å². The number of aromatic carboxylic acids is 1. The number of likely N-dealkylation sites (N-methyl/N-ethyl adjacent to an activating group) is 1. The maximum Gasteiger partial charge on any atom is 0.354 e. The number of carboxylic acids is 1. The van der Waals surface area contributed by atoms with Gasteiger partial charge in [-0.05, 0) is 32.5 Å². The fourth-order valence-corrected chi connectivity index (χ4v) is 2.17. The highest BCUT2D eigenvalue weighted by molar-refractivity contribution is 5.85. The van der Waals surface area contributed by atoms with E-state index in [1.54, 1.807) is 6.07 Å². The van der Waals surface area contributed by atoms with Crippen molar-refractivity contribution in [3.05, 3.63) is 24.0 Å².